The smallest absolute Gasteiger partial charge is 0.254 e. The van der Waals surface area contributed by atoms with Gasteiger partial charge in [-0.05, 0) is 59.1 Å². The highest BCUT2D eigenvalue weighted by molar-refractivity contribution is 9.10. The Labute approximate surface area is 160 Å². The minimum Gasteiger partial charge on any atom is -0.349 e. The predicted octanol–water partition coefficient (Wildman–Crippen LogP) is 4.14. The molecule has 0 aliphatic carbocycles. The number of likely N-dealkylation sites (tertiary alicyclic amines) is 1. The second-order valence-electron chi connectivity index (χ2n) is 6.03. The van der Waals surface area contributed by atoms with Gasteiger partial charge in [-0.15, -0.1) is 0 Å². The molecule has 1 fully saturated rings. The maximum Gasteiger partial charge on any atom is 0.254 e. The molecule has 2 aromatic rings. The van der Waals surface area contributed by atoms with Crippen LogP contribution in [0.3, 0.4) is 0 Å². The maximum absolute atomic E-state index is 12.6. The van der Waals surface area contributed by atoms with Gasteiger partial charge in [-0.25, -0.2) is 0 Å². The van der Waals surface area contributed by atoms with E-state index in [9.17, 15) is 9.59 Å². The number of halogens is 2. The summed E-state index contributed by atoms with van der Waals surface area (Å²) >= 11 is 9.35. The Hall–Kier alpha value is -1.85. The number of rotatable bonds is 3. The second-order valence-corrected chi connectivity index (χ2v) is 7.32. The number of piperidine rings is 1. The monoisotopic (exact) mass is 420 g/mol. The molecular formula is C19H18BrClN2O2. The zero-order chi connectivity index (χ0) is 17.8. The molecule has 2 amide bonds. The number of nitrogens with zero attached hydrogens (tertiary/aromatic N) is 1. The van der Waals surface area contributed by atoms with Crippen molar-refractivity contribution in [2.45, 2.75) is 18.9 Å². The van der Waals surface area contributed by atoms with E-state index in [4.69, 9.17) is 11.6 Å². The molecule has 0 atom stereocenters. The van der Waals surface area contributed by atoms with Crippen molar-refractivity contribution in [3.63, 3.8) is 0 Å². The highest BCUT2D eigenvalue weighted by Gasteiger charge is 2.25. The van der Waals surface area contributed by atoms with E-state index in [0.29, 0.717) is 29.2 Å². The zero-order valence-corrected chi connectivity index (χ0v) is 15.9. The lowest BCUT2D eigenvalue weighted by molar-refractivity contribution is 0.0697. The molecule has 0 radical (unpaired) electrons. The largest absolute Gasteiger partial charge is 0.349 e. The van der Waals surface area contributed by atoms with Gasteiger partial charge in [-0.2, -0.15) is 0 Å². The van der Waals surface area contributed by atoms with Gasteiger partial charge in [-0.3, -0.25) is 9.59 Å². The number of carbonyl (C=O) groups excluding carboxylic acids is 2. The molecule has 4 nitrogen and oxygen atoms in total. The Morgan fingerprint density at radius 1 is 1.08 bits per heavy atom. The summed E-state index contributed by atoms with van der Waals surface area (Å²) in [6.45, 7) is 1.25. The summed E-state index contributed by atoms with van der Waals surface area (Å²) in [6.07, 6.45) is 1.48. The Bertz CT molecular complexity index is 788. The Morgan fingerprint density at radius 2 is 1.80 bits per heavy atom. The standard InChI is InChI=1S/C19H18BrClN2O2/c20-17-7-2-1-6-16(17)19(25)23-10-8-15(9-11-23)22-18(24)13-4-3-5-14(21)12-13/h1-7,12,15H,8-11H2,(H,22,24). The van der Waals surface area contributed by atoms with Crippen LogP contribution in [-0.2, 0) is 0 Å². The van der Waals surface area contributed by atoms with E-state index in [0.717, 1.165) is 17.3 Å². The number of benzene rings is 2. The number of nitrogens with one attached hydrogen (secondary N) is 1. The molecule has 1 saturated heterocycles. The Kier molecular flexibility index (Phi) is 5.76. The van der Waals surface area contributed by atoms with Crippen LogP contribution in [-0.4, -0.2) is 35.8 Å². The van der Waals surface area contributed by atoms with Gasteiger partial charge < -0.3 is 10.2 Å². The molecule has 1 heterocycles. The summed E-state index contributed by atoms with van der Waals surface area (Å²) in [5, 5.41) is 3.57. The quantitative estimate of drug-likeness (QED) is 0.810. The molecule has 0 bridgehead atoms. The molecule has 1 aliphatic heterocycles. The minimum atomic E-state index is -0.127. The van der Waals surface area contributed by atoms with Gasteiger partial charge in [0.15, 0.2) is 0 Å². The van der Waals surface area contributed by atoms with E-state index in [1.807, 2.05) is 29.2 Å². The molecule has 3 rings (SSSR count). The number of hydrogen-bond donors (Lipinski definition) is 1. The van der Waals surface area contributed by atoms with Gasteiger partial charge in [0.05, 0.1) is 5.56 Å². The molecule has 2 aromatic carbocycles. The first-order valence-electron chi connectivity index (χ1n) is 8.15. The number of hydrogen-bond acceptors (Lipinski definition) is 2. The van der Waals surface area contributed by atoms with Crippen LogP contribution in [0.15, 0.2) is 53.0 Å². The van der Waals surface area contributed by atoms with Crippen molar-refractivity contribution in [2.75, 3.05) is 13.1 Å². The lowest BCUT2D eigenvalue weighted by Gasteiger charge is -2.32. The fraction of sp³-hybridized carbons (Fsp3) is 0.263. The molecule has 25 heavy (non-hydrogen) atoms. The lowest BCUT2D eigenvalue weighted by Crippen LogP contribution is -2.46. The third-order valence-corrected chi connectivity index (χ3v) is 5.24. The molecule has 0 aromatic heterocycles. The summed E-state index contributed by atoms with van der Waals surface area (Å²) < 4.78 is 0.802. The van der Waals surface area contributed by atoms with E-state index >= 15 is 0 Å². The Balaban J connectivity index is 1.56. The first-order valence-corrected chi connectivity index (χ1v) is 9.32. The third-order valence-electron chi connectivity index (χ3n) is 4.31. The summed E-state index contributed by atoms with van der Waals surface area (Å²) in [6, 6.07) is 14.4. The fourth-order valence-corrected chi connectivity index (χ4v) is 3.58. The molecule has 130 valence electrons. The van der Waals surface area contributed by atoms with Crippen molar-refractivity contribution in [3.05, 3.63) is 69.2 Å². The van der Waals surface area contributed by atoms with Gasteiger partial charge in [0.25, 0.3) is 11.8 Å². The van der Waals surface area contributed by atoms with Crippen LogP contribution in [0.2, 0.25) is 5.02 Å². The molecular weight excluding hydrogens is 404 g/mol. The summed E-state index contributed by atoms with van der Waals surface area (Å²) in [5.41, 5.74) is 1.23. The van der Waals surface area contributed by atoms with Gasteiger partial charge >= 0.3 is 0 Å². The van der Waals surface area contributed by atoms with Crippen molar-refractivity contribution in [2.24, 2.45) is 0 Å². The van der Waals surface area contributed by atoms with E-state index in [-0.39, 0.29) is 17.9 Å². The van der Waals surface area contributed by atoms with Crippen molar-refractivity contribution < 1.29 is 9.59 Å². The summed E-state index contributed by atoms with van der Waals surface area (Å²) in [4.78, 5) is 26.7. The van der Waals surface area contributed by atoms with Gasteiger partial charge in [0, 0.05) is 34.2 Å². The molecule has 1 N–H and O–H groups in total. The Morgan fingerprint density at radius 3 is 2.48 bits per heavy atom. The van der Waals surface area contributed by atoms with Crippen LogP contribution in [0.5, 0.6) is 0 Å². The van der Waals surface area contributed by atoms with E-state index in [1.54, 1.807) is 24.3 Å². The van der Waals surface area contributed by atoms with Crippen LogP contribution in [0.1, 0.15) is 33.6 Å². The van der Waals surface area contributed by atoms with Crippen LogP contribution >= 0.6 is 27.5 Å². The molecule has 0 spiro atoms. The number of amides is 2. The summed E-state index contributed by atoms with van der Waals surface area (Å²) in [5.74, 6) is -0.106. The second kappa shape index (κ2) is 8.02. The first kappa shape index (κ1) is 18.0. The van der Waals surface area contributed by atoms with E-state index < -0.39 is 0 Å². The topological polar surface area (TPSA) is 49.4 Å². The van der Waals surface area contributed by atoms with Crippen LogP contribution in [0.25, 0.3) is 0 Å². The normalized spacial score (nSPS) is 15.0. The summed E-state index contributed by atoms with van der Waals surface area (Å²) in [7, 11) is 0. The third kappa shape index (κ3) is 4.41. The van der Waals surface area contributed by atoms with Crippen LogP contribution in [0, 0.1) is 0 Å². The van der Waals surface area contributed by atoms with Crippen molar-refractivity contribution in [3.8, 4) is 0 Å². The molecule has 1 aliphatic rings. The SMILES string of the molecule is O=C(NC1CCN(C(=O)c2ccccc2Br)CC1)c1cccc(Cl)c1. The van der Waals surface area contributed by atoms with Crippen molar-refractivity contribution >= 4 is 39.3 Å². The molecule has 6 heteroatoms. The highest BCUT2D eigenvalue weighted by Crippen LogP contribution is 2.20. The van der Waals surface area contributed by atoms with Crippen LogP contribution in [0.4, 0.5) is 0 Å². The zero-order valence-electron chi connectivity index (χ0n) is 13.5. The average Bonchev–Trinajstić information content (AvgIpc) is 2.62. The van der Waals surface area contributed by atoms with Gasteiger partial charge in [-0.1, -0.05) is 29.8 Å². The molecule has 0 saturated carbocycles. The van der Waals surface area contributed by atoms with Crippen LogP contribution < -0.4 is 5.32 Å². The lowest BCUT2D eigenvalue weighted by atomic mass is 10.0. The maximum atomic E-state index is 12.6. The predicted molar refractivity (Wildman–Crippen MR) is 102 cm³/mol. The van der Waals surface area contributed by atoms with Crippen molar-refractivity contribution in [1.29, 1.82) is 0 Å². The fourth-order valence-electron chi connectivity index (χ4n) is 2.93. The first-order chi connectivity index (χ1) is 12.0. The average molecular weight is 422 g/mol. The van der Waals surface area contributed by atoms with Gasteiger partial charge in [0.2, 0.25) is 0 Å². The highest BCUT2D eigenvalue weighted by atomic mass is 79.9. The minimum absolute atomic E-state index is 0.0205. The van der Waals surface area contributed by atoms with Crippen molar-refractivity contribution in [1.82, 2.24) is 10.2 Å². The van der Waals surface area contributed by atoms with E-state index in [1.165, 1.54) is 0 Å². The van der Waals surface area contributed by atoms with Gasteiger partial charge in [0.1, 0.15) is 0 Å². The number of carbonyl (C=O) groups is 2. The molecule has 0 unspecified atom stereocenters. The van der Waals surface area contributed by atoms with E-state index in [2.05, 4.69) is 21.2 Å².